The second kappa shape index (κ2) is 6.18. The van der Waals surface area contributed by atoms with Crippen LogP contribution >= 0.6 is 0 Å². The highest BCUT2D eigenvalue weighted by Gasteiger charge is 2.29. The van der Waals surface area contributed by atoms with Crippen molar-refractivity contribution in [3.05, 3.63) is 0 Å². The molecule has 0 spiro atoms. The standard InChI is InChI=1S/C13H23NO4/c1-13(2)7-5-9(6-8-13)14-10(12(17)18)3-4-11(15)16/h9-10,14H,3-8H2,1-2H3,(H,15,16)(H,17,18). The van der Waals surface area contributed by atoms with Crippen LogP contribution in [0.15, 0.2) is 0 Å². The second-order valence-electron chi connectivity index (χ2n) is 5.93. The molecule has 0 radical (unpaired) electrons. The van der Waals surface area contributed by atoms with Gasteiger partial charge in [-0.1, -0.05) is 13.8 Å². The van der Waals surface area contributed by atoms with Crippen molar-refractivity contribution < 1.29 is 19.8 Å². The number of carboxylic acids is 2. The highest BCUT2D eigenvalue weighted by molar-refractivity contribution is 5.75. The molecule has 0 amide bonds. The summed E-state index contributed by atoms with van der Waals surface area (Å²) in [7, 11) is 0. The van der Waals surface area contributed by atoms with Gasteiger partial charge in [0, 0.05) is 12.5 Å². The molecular formula is C13H23NO4. The van der Waals surface area contributed by atoms with E-state index in [2.05, 4.69) is 19.2 Å². The normalized spacial score (nSPS) is 21.4. The van der Waals surface area contributed by atoms with Gasteiger partial charge >= 0.3 is 11.9 Å². The number of carbonyl (C=O) groups is 2. The maximum Gasteiger partial charge on any atom is 0.320 e. The van der Waals surface area contributed by atoms with Crippen molar-refractivity contribution in [2.24, 2.45) is 5.41 Å². The highest BCUT2D eigenvalue weighted by Crippen LogP contribution is 2.35. The van der Waals surface area contributed by atoms with Crippen molar-refractivity contribution in [2.45, 2.75) is 64.5 Å². The van der Waals surface area contributed by atoms with Crippen molar-refractivity contribution in [1.29, 1.82) is 0 Å². The van der Waals surface area contributed by atoms with E-state index in [4.69, 9.17) is 10.2 Å². The number of hydrogen-bond donors (Lipinski definition) is 3. The summed E-state index contributed by atoms with van der Waals surface area (Å²) in [6.07, 6.45) is 4.12. The van der Waals surface area contributed by atoms with E-state index in [1.807, 2.05) is 0 Å². The molecule has 1 unspecified atom stereocenters. The fourth-order valence-electron chi connectivity index (χ4n) is 2.40. The highest BCUT2D eigenvalue weighted by atomic mass is 16.4. The van der Waals surface area contributed by atoms with E-state index in [0.717, 1.165) is 25.7 Å². The predicted octanol–water partition coefficient (Wildman–Crippen LogP) is 1.86. The Kier molecular flexibility index (Phi) is 5.14. The maximum absolute atomic E-state index is 11.1. The Bertz CT molecular complexity index is 304. The molecule has 1 fully saturated rings. The van der Waals surface area contributed by atoms with Crippen LogP contribution in [0.5, 0.6) is 0 Å². The van der Waals surface area contributed by atoms with E-state index in [-0.39, 0.29) is 18.9 Å². The van der Waals surface area contributed by atoms with Gasteiger partial charge in [0.1, 0.15) is 6.04 Å². The average molecular weight is 257 g/mol. The first-order chi connectivity index (χ1) is 8.30. The zero-order valence-corrected chi connectivity index (χ0v) is 11.1. The third-order valence-electron chi connectivity index (χ3n) is 3.72. The smallest absolute Gasteiger partial charge is 0.320 e. The fraction of sp³-hybridized carbons (Fsp3) is 0.846. The molecule has 1 atom stereocenters. The van der Waals surface area contributed by atoms with Gasteiger partial charge in [-0.2, -0.15) is 0 Å². The third-order valence-corrected chi connectivity index (χ3v) is 3.72. The molecule has 1 aliphatic carbocycles. The molecule has 0 aliphatic heterocycles. The van der Waals surface area contributed by atoms with Gasteiger partial charge in [-0.25, -0.2) is 0 Å². The van der Waals surface area contributed by atoms with Gasteiger partial charge in [0.15, 0.2) is 0 Å². The first-order valence-corrected chi connectivity index (χ1v) is 6.51. The summed E-state index contributed by atoms with van der Waals surface area (Å²) < 4.78 is 0. The van der Waals surface area contributed by atoms with Crippen molar-refractivity contribution in [3.63, 3.8) is 0 Å². The van der Waals surface area contributed by atoms with Crippen molar-refractivity contribution in [1.82, 2.24) is 5.32 Å². The Morgan fingerprint density at radius 1 is 1.28 bits per heavy atom. The number of aliphatic carboxylic acids is 2. The Morgan fingerprint density at radius 2 is 1.83 bits per heavy atom. The minimum absolute atomic E-state index is 0.109. The van der Waals surface area contributed by atoms with Crippen LogP contribution in [0.3, 0.4) is 0 Å². The lowest BCUT2D eigenvalue weighted by Gasteiger charge is -2.35. The van der Waals surface area contributed by atoms with Gasteiger partial charge in [-0.3, -0.25) is 9.59 Å². The Hall–Kier alpha value is -1.10. The van der Waals surface area contributed by atoms with Gasteiger partial charge < -0.3 is 15.5 Å². The number of nitrogens with one attached hydrogen (secondary N) is 1. The average Bonchev–Trinajstić information content (AvgIpc) is 2.25. The summed E-state index contributed by atoms with van der Waals surface area (Å²) >= 11 is 0. The summed E-state index contributed by atoms with van der Waals surface area (Å²) in [6, 6.07) is -0.541. The van der Waals surface area contributed by atoms with Crippen LogP contribution in [0.2, 0.25) is 0 Å². The topological polar surface area (TPSA) is 86.6 Å². The van der Waals surface area contributed by atoms with Crippen LogP contribution in [0.1, 0.15) is 52.4 Å². The number of rotatable bonds is 6. The first kappa shape index (κ1) is 15.0. The zero-order chi connectivity index (χ0) is 13.8. The molecule has 0 heterocycles. The van der Waals surface area contributed by atoms with E-state index < -0.39 is 18.0 Å². The molecule has 1 saturated carbocycles. The molecule has 104 valence electrons. The van der Waals surface area contributed by atoms with E-state index in [9.17, 15) is 9.59 Å². The number of hydrogen-bond acceptors (Lipinski definition) is 3. The van der Waals surface area contributed by atoms with Crippen molar-refractivity contribution in [3.8, 4) is 0 Å². The second-order valence-corrected chi connectivity index (χ2v) is 5.93. The largest absolute Gasteiger partial charge is 0.481 e. The maximum atomic E-state index is 11.1. The van der Waals surface area contributed by atoms with Crippen LogP contribution in [-0.4, -0.2) is 34.2 Å². The SMILES string of the molecule is CC1(C)CCC(NC(CCC(=O)O)C(=O)O)CC1. The lowest BCUT2D eigenvalue weighted by atomic mass is 9.75. The lowest BCUT2D eigenvalue weighted by molar-refractivity contribution is -0.141. The summed E-state index contributed by atoms with van der Waals surface area (Å²) in [6.45, 7) is 4.45. The van der Waals surface area contributed by atoms with Gasteiger partial charge in [0.25, 0.3) is 0 Å². The summed E-state index contributed by atoms with van der Waals surface area (Å²) in [5.74, 6) is -1.91. The molecule has 3 N–H and O–H groups in total. The third kappa shape index (κ3) is 5.04. The summed E-state index contributed by atoms with van der Waals surface area (Å²) in [5, 5.41) is 20.7. The van der Waals surface area contributed by atoms with Gasteiger partial charge in [-0.05, 0) is 37.5 Å². The van der Waals surface area contributed by atoms with E-state index in [1.165, 1.54) is 0 Å². The molecule has 0 aromatic carbocycles. The molecule has 0 aromatic rings. The zero-order valence-electron chi connectivity index (χ0n) is 11.1. The molecule has 0 aromatic heterocycles. The molecule has 0 saturated heterocycles. The van der Waals surface area contributed by atoms with Crippen LogP contribution in [0, 0.1) is 5.41 Å². The Balaban J connectivity index is 2.42. The minimum atomic E-state index is -0.957. The van der Waals surface area contributed by atoms with Gasteiger partial charge in [-0.15, -0.1) is 0 Å². The van der Waals surface area contributed by atoms with Crippen molar-refractivity contribution in [2.75, 3.05) is 0 Å². The van der Waals surface area contributed by atoms with E-state index >= 15 is 0 Å². The summed E-state index contributed by atoms with van der Waals surface area (Å²) in [4.78, 5) is 21.5. The van der Waals surface area contributed by atoms with Crippen LogP contribution in [0.25, 0.3) is 0 Å². The van der Waals surface area contributed by atoms with Crippen molar-refractivity contribution >= 4 is 11.9 Å². The number of carboxylic acid groups (broad SMARTS) is 2. The van der Waals surface area contributed by atoms with E-state index in [1.54, 1.807) is 0 Å². The van der Waals surface area contributed by atoms with Gasteiger partial charge in [0.05, 0.1) is 0 Å². The Morgan fingerprint density at radius 3 is 2.28 bits per heavy atom. The van der Waals surface area contributed by atoms with E-state index in [0.29, 0.717) is 5.41 Å². The molecule has 0 bridgehead atoms. The van der Waals surface area contributed by atoms with Gasteiger partial charge in [0.2, 0.25) is 0 Å². The first-order valence-electron chi connectivity index (χ1n) is 6.51. The van der Waals surface area contributed by atoms with Crippen LogP contribution in [-0.2, 0) is 9.59 Å². The van der Waals surface area contributed by atoms with Crippen LogP contribution < -0.4 is 5.32 Å². The monoisotopic (exact) mass is 257 g/mol. The molecule has 1 aliphatic rings. The lowest BCUT2D eigenvalue weighted by Crippen LogP contribution is -2.45. The Labute approximate surface area is 108 Å². The molecular weight excluding hydrogens is 234 g/mol. The molecule has 1 rings (SSSR count). The molecule has 5 nitrogen and oxygen atoms in total. The molecule has 5 heteroatoms. The minimum Gasteiger partial charge on any atom is -0.481 e. The van der Waals surface area contributed by atoms with Crippen LogP contribution in [0.4, 0.5) is 0 Å². The predicted molar refractivity (Wildman–Crippen MR) is 67.5 cm³/mol. The fourth-order valence-corrected chi connectivity index (χ4v) is 2.40. The summed E-state index contributed by atoms with van der Waals surface area (Å²) in [5.41, 5.74) is 0.345. The quantitative estimate of drug-likeness (QED) is 0.676. The molecule has 18 heavy (non-hydrogen) atoms.